The number of aryl methyl sites for hydroxylation is 2. The van der Waals surface area contributed by atoms with Gasteiger partial charge in [0.2, 0.25) is 0 Å². The van der Waals surface area contributed by atoms with Gasteiger partial charge >= 0.3 is 0 Å². The molecule has 2 atom stereocenters. The molecule has 1 aliphatic carbocycles. The van der Waals surface area contributed by atoms with Gasteiger partial charge in [-0.15, -0.1) is 0 Å². The van der Waals surface area contributed by atoms with Crippen LogP contribution < -0.4 is 0 Å². The van der Waals surface area contributed by atoms with Gasteiger partial charge in [0.15, 0.2) is 0 Å². The van der Waals surface area contributed by atoms with E-state index in [9.17, 15) is 0 Å². The molecule has 0 nitrogen and oxygen atoms in total. The third-order valence-corrected chi connectivity index (χ3v) is 5.93. The van der Waals surface area contributed by atoms with E-state index < -0.39 is 0 Å². The lowest BCUT2D eigenvalue weighted by Gasteiger charge is -2.31. The molecule has 0 N–H and O–H groups in total. The number of hydrogen-bond donors (Lipinski definition) is 0. The predicted octanol–water partition coefficient (Wildman–Crippen LogP) is 7.17. The highest BCUT2D eigenvalue weighted by Gasteiger charge is 2.31. The minimum atomic E-state index is 0.270. The van der Waals surface area contributed by atoms with Crippen LogP contribution in [0.1, 0.15) is 49.9 Å². The van der Waals surface area contributed by atoms with Crippen molar-refractivity contribution >= 4 is 5.57 Å². The highest BCUT2D eigenvalue weighted by Crippen LogP contribution is 2.43. The molecule has 0 spiro atoms. The highest BCUT2D eigenvalue weighted by atomic mass is 14.4. The van der Waals surface area contributed by atoms with E-state index in [0.717, 1.165) is 6.42 Å². The number of benzene rings is 2. The van der Waals surface area contributed by atoms with Crippen LogP contribution in [0.5, 0.6) is 0 Å². The van der Waals surface area contributed by atoms with Crippen molar-refractivity contribution in [3.8, 4) is 0 Å². The van der Waals surface area contributed by atoms with Crippen molar-refractivity contribution in [3.05, 3.63) is 88.5 Å². The number of rotatable bonds is 4. The van der Waals surface area contributed by atoms with Crippen molar-refractivity contribution in [1.29, 1.82) is 0 Å². The second-order valence-corrected chi connectivity index (χ2v) is 8.97. The van der Waals surface area contributed by atoms with Crippen molar-refractivity contribution in [2.75, 3.05) is 0 Å². The molecule has 26 heavy (non-hydrogen) atoms. The fourth-order valence-corrected chi connectivity index (χ4v) is 3.85. The lowest BCUT2D eigenvalue weighted by Crippen LogP contribution is -2.22. The van der Waals surface area contributed by atoms with Crippen LogP contribution in [0.3, 0.4) is 0 Å². The molecule has 3 rings (SSSR count). The SMILES string of the molecule is Cc1ccc(C)c(C2=CC(Cc3ccccc3)C(C(C)C(C)(C)C)=C2)c1. The van der Waals surface area contributed by atoms with Gasteiger partial charge in [-0.1, -0.05) is 99.5 Å². The van der Waals surface area contributed by atoms with Crippen LogP contribution in [0.2, 0.25) is 0 Å². The summed E-state index contributed by atoms with van der Waals surface area (Å²) >= 11 is 0. The maximum absolute atomic E-state index is 2.51. The first-order valence-corrected chi connectivity index (χ1v) is 9.80. The average molecular weight is 345 g/mol. The van der Waals surface area contributed by atoms with E-state index in [1.54, 1.807) is 5.57 Å². The van der Waals surface area contributed by atoms with E-state index in [0.29, 0.717) is 11.8 Å². The van der Waals surface area contributed by atoms with Gasteiger partial charge in [-0.25, -0.2) is 0 Å². The minimum absolute atomic E-state index is 0.270. The number of hydrogen-bond acceptors (Lipinski definition) is 0. The molecule has 0 radical (unpaired) electrons. The minimum Gasteiger partial charge on any atom is -0.0691 e. The lowest BCUT2D eigenvalue weighted by atomic mass is 9.73. The molecule has 0 heterocycles. The molecule has 0 aliphatic heterocycles. The molecule has 0 aromatic heterocycles. The Kier molecular flexibility index (Phi) is 5.23. The van der Waals surface area contributed by atoms with Gasteiger partial charge in [-0.05, 0) is 53.9 Å². The summed E-state index contributed by atoms with van der Waals surface area (Å²) in [4.78, 5) is 0. The third kappa shape index (κ3) is 4.01. The van der Waals surface area contributed by atoms with Crippen molar-refractivity contribution in [1.82, 2.24) is 0 Å². The topological polar surface area (TPSA) is 0 Å². The third-order valence-electron chi connectivity index (χ3n) is 5.93. The van der Waals surface area contributed by atoms with Gasteiger partial charge < -0.3 is 0 Å². The van der Waals surface area contributed by atoms with Gasteiger partial charge in [0.1, 0.15) is 0 Å². The number of allylic oxidation sites excluding steroid dienone is 4. The van der Waals surface area contributed by atoms with Gasteiger partial charge in [0, 0.05) is 5.92 Å². The summed E-state index contributed by atoms with van der Waals surface area (Å²) in [5.74, 6) is 1.04. The van der Waals surface area contributed by atoms with E-state index in [1.807, 2.05) is 0 Å². The van der Waals surface area contributed by atoms with Crippen molar-refractivity contribution in [3.63, 3.8) is 0 Å². The summed E-state index contributed by atoms with van der Waals surface area (Å²) in [7, 11) is 0. The molecule has 2 aromatic carbocycles. The van der Waals surface area contributed by atoms with Crippen LogP contribution in [0.15, 0.2) is 66.3 Å². The first-order chi connectivity index (χ1) is 12.3. The molecule has 0 fully saturated rings. The summed E-state index contributed by atoms with van der Waals surface area (Å²) < 4.78 is 0. The first-order valence-electron chi connectivity index (χ1n) is 9.80. The van der Waals surface area contributed by atoms with E-state index in [2.05, 4.69) is 102 Å². The zero-order chi connectivity index (χ0) is 18.9. The largest absolute Gasteiger partial charge is 0.0691 e. The molecule has 136 valence electrons. The molecular formula is C26H32. The molecule has 0 heteroatoms. The Morgan fingerprint density at radius 2 is 1.65 bits per heavy atom. The monoisotopic (exact) mass is 344 g/mol. The Labute approximate surface area is 159 Å². The Morgan fingerprint density at radius 3 is 2.31 bits per heavy atom. The molecule has 0 bridgehead atoms. The van der Waals surface area contributed by atoms with Gasteiger partial charge in [0.05, 0.1) is 0 Å². The summed E-state index contributed by atoms with van der Waals surface area (Å²) in [6, 6.07) is 17.7. The molecule has 0 saturated heterocycles. The van der Waals surface area contributed by atoms with Crippen LogP contribution in [0.25, 0.3) is 5.57 Å². The smallest absolute Gasteiger partial charge is 0.00326 e. The average Bonchev–Trinajstić information content (AvgIpc) is 2.99. The zero-order valence-electron chi connectivity index (χ0n) is 17.1. The molecular weight excluding hydrogens is 312 g/mol. The molecule has 2 aromatic rings. The van der Waals surface area contributed by atoms with Crippen LogP contribution in [-0.2, 0) is 6.42 Å². The standard InChI is InChI=1S/C26H32/c1-18-12-13-19(2)24(14-18)23-16-22(15-21-10-8-7-9-11-21)25(17-23)20(3)26(4,5)6/h7-14,16-17,20,22H,15H2,1-6H3. The van der Waals surface area contributed by atoms with Crippen LogP contribution >= 0.6 is 0 Å². The Morgan fingerprint density at radius 1 is 0.962 bits per heavy atom. The van der Waals surface area contributed by atoms with Gasteiger partial charge in [-0.2, -0.15) is 0 Å². The second kappa shape index (κ2) is 7.27. The maximum atomic E-state index is 2.51. The van der Waals surface area contributed by atoms with E-state index in [1.165, 1.54) is 27.8 Å². The van der Waals surface area contributed by atoms with Crippen LogP contribution in [0.4, 0.5) is 0 Å². The van der Waals surface area contributed by atoms with E-state index in [4.69, 9.17) is 0 Å². The summed E-state index contributed by atoms with van der Waals surface area (Å²) in [6.07, 6.45) is 6.07. The molecule has 0 amide bonds. The second-order valence-electron chi connectivity index (χ2n) is 8.97. The van der Waals surface area contributed by atoms with E-state index >= 15 is 0 Å². The molecule has 1 aliphatic rings. The van der Waals surface area contributed by atoms with Crippen LogP contribution in [-0.4, -0.2) is 0 Å². The van der Waals surface area contributed by atoms with Crippen molar-refractivity contribution in [2.45, 2.75) is 48.0 Å². The Balaban J connectivity index is 2.00. The Bertz CT molecular complexity index is 828. The molecule has 0 saturated carbocycles. The highest BCUT2D eigenvalue weighted by molar-refractivity contribution is 5.80. The summed E-state index contributed by atoms with van der Waals surface area (Å²) in [6.45, 7) is 13.9. The Hall–Kier alpha value is -2.08. The van der Waals surface area contributed by atoms with E-state index in [-0.39, 0.29) is 5.41 Å². The fraction of sp³-hybridized carbons (Fsp3) is 0.385. The quantitative estimate of drug-likeness (QED) is 0.551. The van der Waals surface area contributed by atoms with Gasteiger partial charge in [-0.3, -0.25) is 0 Å². The van der Waals surface area contributed by atoms with Crippen molar-refractivity contribution < 1.29 is 0 Å². The van der Waals surface area contributed by atoms with Gasteiger partial charge in [0.25, 0.3) is 0 Å². The van der Waals surface area contributed by atoms with Crippen LogP contribution in [0, 0.1) is 31.1 Å². The summed E-state index contributed by atoms with van der Waals surface area (Å²) in [5, 5.41) is 0. The van der Waals surface area contributed by atoms with Crippen molar-refractivity contribution in [2.24, 2.45) is 17.3 Å². The molecule has 2 unspecified atom stereocenters. The fourth-order valence-electron chi connectivity index (χ4n) is 3.85. The maximum Gasteiger partial charge on any atom is 0.00326 e. The summed E-state index contributed by atoms with van der Waals surface area (Å²) in [5.41, 5.74) is 8.75. The zero-order valence-corrected chi connectivity index (χ0v) is 17.1. The predicted molar refractivity (Wildman–Crippen MR) is 114 cm³/mol. The normalized spacial score (nSPS) is 18.5. The first kappa shape index (κ1) is 18.7. The lowest BCUT2D eigenvalue weighted by molar-refractivity contribution is 0.288.